The highest BCUT2D eigenvalue weighted by Crippen LogP contribution is 2.23. The summed E-state index contributed by atoms with van der Waals surface area (Å²) in [6.07, 6.45) is 3.39. The molecule has 1 aliphatic rings. The Labute approximate surface area is 132 Å². The fourth-order valence-electron chi connectivity index (χ4n) is 2.74. The van der Waals surface area contributed by atoms with Gasteiger partial charge in [-0.25, -0.2) is 18.6 Å². The van der Waals surface area contributed by atoms with Crippen molar-refractivity contribution in [1.82, 2.24) is 25.0 Å². The number of urea groups is 1. The number of fused-ring (bicyclic) bond motifs is 1. The highest BCUT2D eigenvalue weighted by molar-refractivity contribution is 5.74. The van der Waals surface area contributed by atoms with Gasteiger partial charge < -0.3 is 10.2 Å². The number of carbonyl (C=O) groups is 1. The van der Waals surface area contributed by atoms with Crippen molar-refractivity contribution in [2.75, 3.05) is 6.54 Å². The molecule has 0 saturated carbocycles. The van der Waals surface area contributed by atoms with Crippen molar-refractivity contribution in [2.24, 2.45) is 0 Å². The number of carbonyl (C=O) groups excluding carboxylic acids is 1. The van der Waals surface area contributed by atoms with Crippen LogP contribution in [0.15, 0.2) is 24.8 Å². The first-order valence-corrected chi connectivity index (χ1v) is 7.37. The van der Waals surface area contributed by atoms with Crippen molar-refractivity contribution in [1.29, 1.82) is 0 Å². The molecule has 23 heavy (non-hydrogen) atoms. The highest BCUT2D eigenvalue weighted by atomic mass is 19.1. The van der Waals surface area contributed by atoms with Crippen LogP contribution in [0.2, 0.25) is 0 Å². The second-order valence-corrected chi connectivity index (χ2v) is 5.66. The van der Waals surface area contributed by atoms with Gasteiger partial charge in [-0.1, -0.05) is 0 Å². The maximum absolute atomic E-state index is 13.7. The zero-order valence-corrected chi connectivity index (χ0v) is 12.7. The van der Waals surface area contributed by atoms with Crippen LogP contribution in [0.25, 0.3) is 0 Å². The first-order valence-electron chi connectivity index (χ1n) is 7.37. The predicted molar refractivity (Wildman–Crippen MR) is 78.5 cm³/mol. The maximum atomic E-state index is 13.7. The molecule has 1 atom stereocenters. The summed E-state index contributed by atoms with van der Waals surface area (Å²) in [5.74, 6) is -1.16. The monoisotopic (exact) mass is 321 g/mol. The minimum Gasteiger partial charge on any atom is -0.334 e. The van der Waals surface area contributed by atoms with Crippen molar-refractivity contribution in [3.05, 3.63) is 47.5 Å². The molecule has 1 aliphatic heterocycles. The molecule has 2 heterocycles. The largest absolute Gasteiger partial charge is 0.334 e. The quantitative estimate of drug-likeness (QED) is 0.936. The van der Waals surface area contributed by atoms with Crippen molar-refractivity contribution in [3.8, 4) is 0 Å². The highest BCUT2D eigenvalue weighted by Gasteiger charge is 2.24. The first-order chi connectivity index (χ1) is 11.0. The molecule has 0 unspecified atom stereocenters. The molecule has 3 rings (SSSR count). The molecule has 0 fully saturated rings. The Morgan fingerprint density at radius 2 is 2.26 bits per heavy atom. The summed E-state index contributed by atoms with van der Waals surface area (Å²) >= 11 is 0. The normalized spacial score (nSPS) is 15.2. The van der Waals surface area contributed by atoms with Crippen molar-refractivity contribution in [3.63, 3.8) is 0 Å². The van der Waals surface area contributed by atoms with Crippen LogP contribution in [0.4, 0.5) is 13.6 Å². The van der Waals surface area contributed by atoms with Gasteiger partial charge in [0.15, 0.2) is 0 Å². The van der Waals surface area contributed by atoms with E-state index < -0.39 is 11.6 Å². The second kappa shape index (κ2) is 6.31. The van der Waals surface area contributed by atoms with Crippen LogP contribution in [-0.4, -0.2) is 38.3 Å². The van der Waals surface area contributed by atoms with Crippen LogP contribution in [0.3, 0.4) is 0 Å². The summed E-state index contributed by atoms with van der Waals surface area (Å²) in [7, 11) is 0. The SMILES string of the molecule is C[C@@H](Cn1cncn1)NC(=O)N1CCc2c(F)cc(F)cc2C1. The molecule has 0 spiro atoms. The Kier molecular flexibility index (Phi) is 4.22. The third kappa shape index (κ3) is 3.46. The minimum atomic E-state index is -0.622. The van der Waals surface area contributed by atoms with Crippen LogP contribution in [0, 0.1) is 11.6 Å². The van der Waals surface area contributed by atoms with E-state index in [2.05, 4.69) is 15.4 Å². The standard InChI is InChI=1S/C15H17F2N5O/c1-10(6-22-9-18-8-19-22)20-15(23)21-3-2-13-11(7-21)4-12(16)5-14(13)17/h4-5,8-10H,2-3,6-7H2,1H3,(H,20,23)/t10-/m0/s1. The first kappa shape index (κ1) is 15.4. The number of hydrogen-bond acceptors (Lipinski definition) is 3. The van der Waals surface area contributed by atoms with Gasteiger partial charge in [0.2, 0.25) is 0 Å². The van der Waals surface area contributed by atoms with Gasteiger partial charge in [0.25, 0.3) is 0 Å². The zero-order chi connectivity index (χ0) is 16.4. The molecule has 0 aliphatic carbocycles. The van der Waals surface area contributed by atoms with E-state index >= 15 is 0 Å². The molecule has 0 saturated heterocycles. The predicted octanol–water partition coefficient (Wildman–Crippen LogP) is 1.71. The van der Waals surface area contributed by atoms with Crippen molar-refractivity contribution in [2.45, 2.75) is 32.5 Å². The molecule has 1 aromatic heterocycles. The molecular weight excluding hydrogens is 304 g/mol. The van der Waals surface area contributed by atoms with E-state index in [0.717, 1.165) is 6.07 Å². The van der Waals surface area contributed by atoms with Crippen molar-refractivity contribution < 1.29 is 13.6 Å². The lowest BCUT2D eigenvalue weighted by Gasteiger charge is -2.30. The smallest absolute Gasteiger partial charge is 0.317 e. The molecule has 8 heteroatoms. The third-order valence-corrected chi connectivity index (χ3v) is 3.83. The number of aromatic nitrogens is 3. The summed E-state index contributed by atoms with van der Waals surface area (Å²) in [4.78, 5) is 17.7. The molecule has 1 aromatic carbocycles. The molecule has 2 aromatic rings. The van der Waals surface area contributed by atoms with E-state index in [1.807, 2.05) is 6.92 Å². The van der Waals surface area contributed by atoms with Crippen LogP contribution < -0.4 is 5.32 Å². The van der Waals surface area contributed by atoms with Gasteiger partial charge in [-0.3, -0.25) is 4.68 Å². The van der Waals surface area contributed by atoms with E-state index in [4.69, 9.17) is 0 Å². The summed E-state index contributed by atoms with van der Waals surface area (Å²) in [6, 6.07) is 1.77. The lowest BCUT2D eigenvalue weighted by Crippen LogP contribution is -2.47. The van der Waals surface area contributed by atoms with E-state index in [9.17, 15) is 13.6 Å². The van der Waals surface area contributed by atoms with Gasteiger partial charge in [-0.15, -0.1) is 0 Å². The van der Waals surface area contributed by atoms with Gasteiger partial charge in [0.1, 0.15) is 24.3 Å². The summed E-state index contributed by atoms with van der Waals surface area (Å²) < 4.78 is 28.7. The Morgan fingerprint density at radius 1 is 1.43 bits per heavy atom. The number of hydrogen-bond donors (Lipinski definition) is 1. The van der Waals surface area contributed by atoms with E-state index in [1.54, 1.807) is 15.9 Å². The maximum Gasteiger partial charge on any atom is 0.317 e. The lowest BCUT2D eigenvalue weighted by atomic mass is 9.99. The van der Waals surface area contributed by atoms with Gasteiger partial charge in [-0.2, -0.15) is 5.10 Å². The van der Waals surface area contributed by atoms with Crippen LogP contribution in [-0.2, 0) is 19.5 Å². The zero-order valence-electron chi connectivity index (χ0n) is 12.7. The average molecular weight is 321 g/mol. The topological polar surface area (TPSA) is 63.1 Å². The van der Waals surface area contributed by atoms with E-state index in [1.165, 1.54) is 12.4 Å². The van der Waals surface area contributed by atoms with Gasteiger partial charge in [0, 0.05) is 25.2 Å². The molecule has 0 radical (unpaired) electrons. The molecule has 122 valence electrons. The lowest BCUT2D eigenvalue weighted by molar-refractivity contribution is 0.187. The van der Waals surface area contributed by atoms with Crippen LogP contribution in [0.5, 0.6) is 0 Å². The molecule has 2 amide bonds. The molecular formula is C15H17F2N5O. The van der Waals surface area contributed by atoms with Gasteiger partial charge >= 0.3 is 6.03 Å². The number of nitrogens with zero attached hydrogens (tertiary/aromatic N) is 4. The number of halogens is 2. The number of amides is 2. The number of rotatable bonds is 3. The second-order valence-electron chi connectivity index (χ2n) is 5.66. The fourth-order valence-corrected chi connectivity index (χ4v) is 2.74. The average Bonchev–Trinajstić information content (AvgIpc) is 2.99. The molecule has 0 bridgehead atoms. The summed E-state index contributed by atoms with van der Waals surface area (Å²) in [6.45, 7) is 2.96. The molecule has 1 N–H and O–H groups in total. The Hall–Kier alpha value is -2.51. The van der Waals surface area contributed by atoms with Gasteiger partial charge in [0.05, 0.1) is 6.54 Å². The van der Waals surface area contributed by atoms with E-state index in [0.29, 0.717) is 30.6 Å². The number of benzene rings is 1. The molecule has 6 nitrogen and oxygen atoms in total. The third-order valence-electron chi connectivity index (χ3n) is 3.83. The van der Waals surface area contributed by atoms with Crippen molar-refractivity contribution >= 4 is 6.03 Å². The minimum absolute atomic E-state index is 0.144. The summed E-state index contributed by atoms with van der Waals surface area (Å²) in [5, 5.41) is 6.84. The summed E-state index contributed by atoms with van der Waals surface area (Å²) in [5.41, 5.74) is 1.01. The Bertz CT molecular complexity index is 704. The van der Waals surface area contributed by atoms with Crippen LogP contribution >= 0.6 is 0 Å². The van der Waals surface area contributed by atoms with Crippen LogP contribution in [0.1, 0.15) is 18.1 Å². The fraction of sp³-hybridized carbons (Fsp3) is 0.400. The van der Waals surface area contributed by atoms with E-state index in [-0.39, 0.29) is 18.6 Å². The Morgan fingerprint density at radius 3 is 3.00 bits per heavy atom. The van der Waals surface area contributed by atoms with Gasteiger partial charge in [-0.05, 0) is 30.5 Å². The Balaban J connectivity index is 1.62. The number of nitrogens with one attached hydrogen (secondary N) is 1.